The maximum Gasteiger partial charge on any atom is 0.323 e. The van der Waals surface area contributed by atoms with E-state index in [2.05, 4.69) is 19.2 Å². The number of nitrogens with one attached hydrogen (secondary N) is 1. The van der Waals surface area contributed by atoms with Crippen LogP contribution in [0, 0.1) is 11.8 Å². The number of carboxylic acid groups (broad SMARTS) is 1. The number of rotatable bonds is 3. The lowest BCUT2D eigenvalue weighted by molar-refractivity contribution is -0.137. The smallest absolute Gasteiger partial charge is 0.323 e. The molecule has 0 aromatic carbocycles. The Balaban J connectivity index is 2.42. The molecule has 0 aromatic heterocycles. The molecule has 98 valence electrons. The fraction of sp³-hybridized carbons (Fsp3) is 0.833. The molecule has 3 unspecified atom stereocenters. The van der Waals surface area contributed by atoms with Crippen molar-refractivity contribution < 1.29 is 14.7 Å². The summed E-state index contributed by atoms with van der Waals surface area (Å²) >= 11 is 0. The van der Waals surface area contributed by atoms with Gasteiger partial charge < -0.3 is 15.3 Å². The highest BCUT2D eigenvalue weighted by atomic mass is 16.4. The predicted molar refractivity (Wildman–Crippen MR) is 64.8 cm³/mol. The molecule has 1 aliphatic rings. The normalized spacial score (nSPS) is 28.5. The molecular weight excluding hydrogens is 220 g/mol. The minimum Gasteiger partial charge on any atom is -0.480 e. The summed E-state index contributed by atoms with van der Waals surface area (Å²) in [5, 5.41) is 11.5. The average Bonchev–Trinajstić information content (AvgIpc) is 2.21. The van der Waals surface area contributed by atoms with Gasteiger partial charge in [-0.1, -0.05) is 13.8 Å². The molecule has 0 bridgehead atoms. The van der Waals surface area contributed by atoms with Crippen LogP contribution in [-0.4, -0.2) is 41.6 Å². The number of carbonyl (C=O) groups excluding carboxylic acids is 1. The first-order chi connectivity index (χ1) is 7.90. The molecule has 0 aromatic rings. The summed E-state index contributed by atoms with van der Waals surface area (Å²) in [7, 11) is 1.50. The van der Waals surface area contributed by atoms with Crippen LogP contribution < -0.4 is 5.32 Å². The zero-order valence-corrected chi connectivity index (χ0v) is 10.8. The molecule has 1 rings (SSSR count). The summed E-state index contributed by atoms with van der Waals surface area (Å²) in [5.41, 5.74) is 0. The minimum atomic E-state index is -0.993. The van der Waals surface area contributed by atoms with Crippen molar-refractivity contribution in [3.05, 3.63) is 0 Å². The largest absolute Gasteiger partial charge is 0.480 e. The topological polar surface area (TPSA) is 69.6 Å². The average molecular weight is 242 g/mol. The van der Waals surface area contributed by atoms with Crippen LogP contribution in [0.1, 0.15) is 33.1 Å². The summed E-state index contributed by atoms with van der Waals surface area (Å²) in [4.78, 5) is 23.4. The molecule has 3 atom stereocenters. The van der Waals surface area contributed by atoms with Gasteiger partial charge in [0.05, 0.1) is 0 Å². The zero-order valence-electron chi connectivity index (χ0n) is 10.8. The van der Waals surface area contributed by atoms with E-state index in [1.807, 2.05) is 0 Å². The lowest BCUT2D eigenvalue weighted by atomic mass is 9.80. The number of hydrogen-bond acceptors (Lipinski definition) is 2. The SMILES string of the molecule is CC1CCC(NC(=O)N(C)CC(=O)O)C(C)C1. The lowest BCUT2D eigenvalue weighted by Gasteiger charge is -2.34. The zero-order chi connectivity index (χ0) is 13.0. The number of hydrogen-bond donors (Lipinski definition) is 2. The Labute approximate surface area is 102 Å². The third-order valence-electron chi connectivity index (χ3n) is 3.46. The van der Waals surface area contributed by atoms with E-state index in [1.54, 1.807) is 0 Å². The summed E-state index contributed by atoms with van der Waals surface area (Å²) in [6.07, 6.45) is 3.22. The minimum absolute atomic E-state index is 0.176. The summed E-state index contributed by atoms with van der Waals surface area (Å²) in [5.74, 6) is 0.184. The molecule has 2 N–H and O–H groups in total. The van der Waals surface area contributed by atoms with Crippen molar-refractivity contribution in [1.82, 2.24) is 10.2 Å². The number of amides is 2. The van der Waals surface area contributed by atoms with E-state index in [-0.39, 0.29) is 18.6 Å². The first-order valence-electron chi connectivity index (χ1n) is 6.13. The fourth-order valence-corrected chi connectivity index (χ4v) is 2.42. The van der Waals surface area contributed by atoms with E-state index in [4.69, 9.17) is 5.11 Å². The van der Waals surface area contributed by atoms with Crippen molar-refractivity contribution in [3.63, 3.8) is 0 Å². The van der Waals surface area contributed by atoms with Gasteiger partial charge in [0, 0.05) is 13.1 Å². The van der Waals surface area contributed by atoms with Gasteiger partial charge in [-0.3, -0.25) is 4.79 Å². The Hall–Kier alpha value is -1.26. The van der Waals surface area contributed by atoms with Crippen LogP contribution >= 0.6 is 0 Å². The van der Waals surface area contributed by atoms with Gasteiger partial charge in [0.15, 0.2) is 0 Å². The van der Waals surface area contributed by atoms with Crippen molar-refractivity contribution in [3.8, 4) is 0 Å². The monoisotopic (exact) mass is 242 g/mol. The number of aliphatic carboxylic acids is 1. The molecule has 0 heterocycles. The highest BCUT2D eigenvalue weighted by molar-refractivity contribution is 5.79. The molecule has 2 amide bonds. The molecule has 0 spiro atoms. The van der Waals surface area contributed by atoms with E-state index in [9.17, 15) is 9.59 Å². The molecule has 5 heteroatoms. The Kier molecular flexibility index (Phi) is 4.78. The number of urea groups is 1. The van der Waals surface area contributed by atoms with Crippen LogP contribution in [0.25, 0.3) is 0 Å². The van der Waals surface area contributed by atoms with Crippen LogP contribution in [0.5, 0.6) is 0 Å². The predicted octanol–water partition coefficient (Wildman–Crippen LogP) is 1.54. The van der Waals surface area contributed by atoms with Gasteiger partial charge in [-0.25, -0.2) is 4.79 Å². The van der Waals surface area contributed by atoms with Gasteiger partial charge in [-0.05, 0) is 31.1 Å². The Bertz CT molecular complexity index is 293. The van der Waals surface area contributed by atoms with Crippen molar-refractivity contribution in [2.45, 2.75) is 39.2 Å². The first kappa shape index (κ1) is 13.8. The number of carboxylic acids is 1. The van der Waals surface area contributed by atoms with E-state index >= 15 is 0 Å². The number of nitrogens with zero attached hydrogens (tertiary/aromatic N) is 1. The van der Waals surface area contributed by atoms with Gasteiger partial charge in [-0.2, -0.15) is 0 Å². The number of carbonyl (C=O) groups is 2. The quantitative estimate of drug-likeness (QED) is 0.788. The third-order valence-corrected chi connectivity index (χ3v) is 3.46. The first-order valence-corrected chi connectivity index (χ1v) is 6.13. The van der Waals surface area contributed by atoms with Crippen LogP contribution in [0.2, 0.25) is 0 Å². The molecule has 0 radical (unpaired) electrons. The van der Waals surface area contributed by atoms with Crippen molar-refractivity contribution in [2.24, 2.45) is 11.8 Å². The van der Waals surface area contributed by atoms with Crippen LogP contribution in [0.4, 0.5) is 4.79 Å². The second-order valence-electron chi connectivity index (χ2n) is 5.20. The Morgan fingerprint density at radius 1 is 1.35 bits per heavy atom. The van der Waals surface area contributed by atoms with E-state index in [0.29, 0.717) is 5.92 Å². The molecule has 0 aliphatic heterocycles. The van der Waals surface area contributed by atoms with Crippen LogP contribution in [0.3, 0.4) is 0 Å². The second kappa shape index (κ2) is 5.89. The molecule has 17 heavy (non-hydrogen) atoms. The Morgan fingerprint density at radius 2 is 2.00 bits per heavy atom. The van der Waals surface area contributed by atoms with Crippen molar-refractivity contribution in [1.29, 1.82) is 0 Å². The molecule has 1 fully saturated rings. The molecule has 1 aliphatic carbocycles. The highest BCUT2D eigenvalue weighted by Crippen LogP contribution is 2.28. The molecular formula is C12H22N2O3. The summed E-state index contributed by atoms with van der Waals surface area (Å²) < 4.78 is 0. The van der Waals surface area contributed by atoms with E-state index in [1.165, 1.54) is 11.9 Å². The maximum absolute atomic E-state index is 11.7. The van der Waals surface area contributed by atoms with Gasteiger partial charge in [0.1, 0.15) is 6.54 Å². The molecule has 5 nitrogen and oxygen atoms in total. The fourth-order valence-electron chi connectivity index (χ4n) is 2.42. The third kappa shape index (κ3) is 4.24. The number of likely N-dealkylation sites (N-methyl/N-ethyl adjacent to an activating group) is 1. The maximum atomic E-state index is 11.7. The Morgan fingerprint density at radius 3 is 2.53 bits per heavy atom. The lowest BCUT2D eigenvalue weighted by Crippen LogP contribution is -2.48. The van der Waals surface area contributed by atoms with Gasteiger partial charge in [-0.15, -0.1) is 0 Å². The highest BCUT2D eigenvalue weighted by Gasteiger charge is 2.27. The van der Waals surface area contributed by atoms with Crippen molar-refractivity contribution >= 4 is 12.0 Å². The van der Waals surface area contributed by atoms with Gasteiger partial charge in [0.25, 0.3) is 0 Å². The van der Waals surface area contributed by atoms with E-state index < -0.39 is 5.97 Å². The molecule has 1 saturated carbocycles. The van der Waals surface area contributed by atoms with Gasteiger partial charge in [0.2, 0.25) is 0 Å². The van der Waals surface area contributed by atoms with E-state index in [0.717, 1.165) is 25.2 Å². The molecule has 0 saturated heterocycles. The van der Waals surface area contributed by atoms with Crippen LogP contribution in [-0.2, 0) is 4.79 Å². The van der Waals surface area contributed by atoms with Gasteiger partial charge >= 0.3 is 12.0 Å². The van der Waals surface area contributed by atoms with Crippen molar-refractivity contribution in [2.75, 3.05) is 13.6 Å². The summed E-state index contributed by atoms with van der Waals surface area (Å²) in [6.45, 7) is 4.10. The second-order valence-corrected chi connectivity index (χ2v) is 5.20. The summed E-state index contributed by atoms with van der Waals surface area (Å²) in [6, 6.07) is -0.117. The van der Waals surface area contributed by atoms with Crippen LogP contribution in [0.15, 0.2) is 0 Å². The standard InChI is InChI=1S/C12H22N2O3/c1-8-4-5-10(9(2)6-8)13-12(17)14(3)7-11(15)16/h8-10H,4-7H2,1-3H3,(H,13,17)(H,15,16).